The molecular formula is C24H21N5O3. The second-order valence-corrected chi connectivity index (χ2v) is 7.30. The third-order valence-corrected chi connectivity index (χ3v) is 4.90. The van der Waals surface area contributed by atoms with Crippen LogP contribution < -0.4 is 16.6 Å². The molecule has 2 heterocycles. The summed E-state index contributed by atoms with van der Waals surface area (Å²) in [6.45, 7) is 2.16. The Morgan fingerprint density at radius 2 is 1.69 bits per heavy atom. The molecule has 2 aromatic carbocycles. The maximum atomic E-state index is 13.2. The largest absolute Gasteiger partial charge is 0.352 e. The summed E-state index contributed by atoms with van der Waals surface area (Å²) in [6, 6.07) is 19.7. The number of amides is 1. The van der Waals surface area contributed by atoms with Crippen LogP contribution in [-0.4, -0.2) is 25.2 Å². The van der Waals surface area contributed by atoms with Crippen molar-refractivity contribution < 1.29 is 4.79 Å². The van der Waals surface area contributed by atoms with Gasteiger partial charge >= 0.3 is 5.69 Å². The summed E-state index contributed by atoms with van der Waals surface area (Å²) in [5, 5.41) is 6.82. The van der Waals surface area contributed by atoms with E-state index in [1.54, 1.807) is 54.9 Å². The fourth-order valence-electron chi connectivity index (χ4n) is 3.29. The molecule has 0 radical (unpaired) electrons. The van der Waals surface area contributed by atoms with E-state index in [0.717, 1.165) is 25.9 Å². The van der Waals surface area contributed by atoms with E-state index < -0.39 is 17.2 Å². The highest BCUT2D eigenvalue weighted by atomic mass is 16.2. The van der Waals surface area contributed by atoms with Gasteiger partial charge in [-0.3, -0.25) is 19.1 Å². The van der Waals surface area contributed by atoms with Crippen molar-refractivity contribution in [2.45, 2.75) is 20.0 Å². The van der Waals surface area contributed by atoms with Crippen molar-refractivity contribution in [2.75, 3.05) is 0 Å². The van der Waals surface area contributed by atoms with E-state index in [-0.39, 0.29) is 18.8 Å². The van der Waals surface area contributed by atoms with Crippen LogP contribution >= 0.6 is 0 Å². The number of nitrogens with one attached hydrogen (secondary N) is 1. The minimum absolute atomic E-state index is 0.0271. The van der Waals surface area contributed by atoms with Gasteiger partial charge in [0.05, 0.1) is 12.2 Å². The Labute approximate surface area is 183 Å². The predicted molar refractivity (Wildman–Crippen MR) is 120 cm³/mol. The number of hydrogen-bond acceptors (Lipinski definition) is 5. The lowest BCUT2D eigenvalue weighted by molar-refractivity contribution is 0.0941. The molecule has 0 spiro atoms. The first-order valence-electron chi connectivity index (χ1n) is 10.0. The second-order valence-electron chi connectivity index (χ2n) is 7.30. The molecule has 1 amide bonds. The van der Waals surface area contributed by atoms with Crippen LogP contribution in [0.5, 0.6) is 0 Å². The Morgan fingerprint density at radius 3 is 2.41 bits per heavy atom. The summed E-state index contributed by atoms with van der Waals surface area (Å²) in [4.78, 5) is 43.1. The summed E-state index contributed by atoms with van der Waals surface area (Å²) in [6.07, 6.45) is 3.23. The van der Waals surface area contributed by atoms with Crippen molar-refractivity contribution in [3.8, 4) is 5.69 Å². The average Bonchev–Trinajstić information content (AvgIpc) is 2.81. The minimum Gasteiger partial charge on any atom is -0.346 e. The lowest BCUT2D eigenvalue weighted by Crippen LogP contribution is -2.46. The van der Waals surface area contributed by atoms with Crippen molar-refractivity contribution in [1.29, 1.82) is 0 Å². The van der Waals surface area contributed by atoms with Crippen LogP contribution in [0, 0.1) is 6.92 Å². The topological polar surface area (TPSA) is 98.9 Å². The zero-order chi connectivity index (χ0) is 22.5. The molecule has 0 aliphatic rings. The molecule has 0 aliphatic carbocycles. The molecule has 0 atom stereocenters. The van der Waals surface area contributed by atoms with Crippen LogP contribution in [-0.2, 0) is 13.1 Å². The van der Waals surface area contributed by atoms with Crippen LogP contribution in [0.1, 0.15) is 27.2 Å². The number of carbonyl (C=O) groups excluding carboxylic acids is 1. The molecule has 0 unspecified atom stereocenters. The first kappa shape index (κ1) is 20.9. The molecule has 4 rings (SSSR count). The number of aromatic nitrogens is 4. The van der Waals surface area contributed by atoms with E-state index in [9.17, 15) is 14.4 Å². The highest BCUT2D eigenvalue weighted by molar-refractivity contribution is 5.91. The minimum atomic E-state index is -0.740. The Bertz CT molecular complexity index is 1360. The molecule has 0 fully saturated rings. The van der Waals surface area contributed by atoms with Gasteiger partial charge in [0.2, 0.25) is 5.69 Å². The standard InChI is InChI=1S/C24H21N5O3/c1-17-6-5-7-19(14-17)16-28-23(31)21(22(30)26-15-18-10-12-25-13-11-18)27-29(24(28)32)20-8-3-2-4-9-20/h2-14H,15-16H2,1H3,(H,26,30). The van der Waals surface area contributed by atoms with Gasteiger partial charge in [-0.2, -0.15) is 9.78 Å². The smallest absolute Gasteiger partial charge is 0.346 e. The lowest BCUT2D eigenvalue weighted by atomic mass is 10.1. The molecule has 160 valence electrons. The first-order chi connectivity index (χ1) is 15.5. The second kappa shape index (κ2) is 9.22. The molecule has 8 nitrogen and oxygen atoms in total. The van der Waals surface area contributed by atoms with Crippen molar-refractivity contribution in [3.63, 3.8) is 0 Å². The number of para-hydroxylation sites is 1. The third kappa shape index (κ3) is 4.54. The van der Waals surface area contributed by atoms with Crippen molar-refractivity contribution >= 4 is 5.91 Å². The molecule has 0 saturated carbocycles. The van der Waals surface area contributed by atoms with E-state index in [4.69, 9.17) is 0 Å². The highest BCUT2D eigenvalue weighted by Crippen LogP contribution is 2.06. The predicted octanol–water partition coefficient (Wildman–Crippen LogP) is 2.08. The molecule has 0 saturated heterocycles. The zero-order valence-electron chi connectivity index (χ0n) is 17.4. The molecule has 2 aromatic heterocycles. The molecule has 32 heavy (non-hydrogen) atoms. The SMILES string of the molecule is Cc1cccc(Cn2c(=O)c(C(=O)NCc3ccncc3)nn(-c3ccccc3)c2=O)c1. The van der Waals surface area contributed by atoms with Crippen LogP contribution in [0.2, 0.25) is 0 Å². The molecular weight excluding hydrogens is 406 g/mol. The molecule has 4 aromatic rings. The Morgan fingerprint density at radius 1 is 0.938 bits per heavy atom. The number of carbonyl (C=O) groups is 1. The first-order valence-corrected chi connectivity index (χ1v) is 10.0. The summed E-state index contributed by atoms with van der Waals surface area (Å²) >= 11 is 0. The van der Waals surface area contributed by atoms with Gasteiger partial charge in [-0.15, -0.1) is 0 Å². The number of rotatable bonds is 6. The number of hydrogen-bond donors (Lipinski definition) is 1. The van der Waals surface area contributed by atoms with Gasteiger partial charge in [-0.1, -0.05) is 48.0 Å². The van der Waals surface area contributed by atoms with Crippen molar-refractivity contribution in [3.05, 3.63) is 122 Å². The van der Waals surface area contributed by atoms with Gasteiger partial charge in [0, 0.05) is 18.9 Å². The summed E-state index contributed by atoms with van der Waals surface area (Å²) < 4.78 is 2.12. The lowest BCUT2D eigenvalue weighted by Gasteiger charge is -2.12. The highest BCUT2D eigenvalue weighted by Gasteiger charge is 2.20. The van der Waals surface area contributed by atoms with Crippen molar-refractivity contribution in [2.24, 2.45) is 0 Å². The van der Waals surface area contributed by atoms with Gasteiger partial charge in [-0.25, -0.2) is 4.79 Å². The van der Waals surface area contributed by atoms with Crippen LogP contribution in [0.15, 0.2) is 88.7 Å². The quantitative estimate of drug-likeness (QED) is 0.508. The zero-order valence-corrected chi connectivity index (χ0v) is 17.4. The fraction of sp³-hybridized carbons (Fsp3) is 0.125. The monoisotopic (exact) mass is 427 g/mol. The van der Waals surface area contributed by atoms with E-state index in [1.807, 2.05) is 31.2 Å². The molecule has 0 aliphatic heterocycles. The Balaban J connectivity index is 1.77. The van der Waals surface area contributed by atoms with E-state index in [1.165, 1.54) is 0 Å². The third-order valence-electron chi connectivity index (χ3n) is 4.90. The summed E-state index contributed by atoms with van der Waals surface area (Å²) in [5.74, 6) is -0.658. The van der Waals surface area contributed by atoms with E-state index >= 15 is 0 Å². The van der Waals surface area contributed by atoms with Gasteiger partial charge < -0.3 is 5.32 Å². The van der Waals surface area contributed by atoms with Gasteiger partial charge in [-0.05, 0) is 42.3 Å². The van der Waals surface area contributed by atoms with E-state index in [2.05, 4.69) is 15.4 Å². The van der Waals surface area contributed by atoms with Crippen molar-refractivity contribution in [1.82, 2.24) is 24.6 Å². The Kier molecular flexibility index (Phi) is 6.03. The summed E-state index contributed by atoms with van der Waals surface area (Å²) in [5.41, 5.74) is 1.35. The number of aryl methyl sites for hydroxylation is 1. The van der Waals surface area contributed by atoms with E-state index in [0.29, 0.717) is 5.69 Å². The van der Waals surface area contributed by atoms with Gasteiger partial charge in [0.1, 0.15) is 0 Å². The van der Waals surface area contributed by atoms with Crippen LogP contribution in [0.4, 0.5) is 0 Å². The van der Waals surface area contributed by atoms with Crippen LogP contribution in [0.25, 0.3) is 5.69 Å². The maximum Gasteiger partial charge on any atom is 0.352 e. The molecule has 8 heteroatoms. The number of benzene rings is 2. The average molecular weight is 427 g/mol. The fourth-order valence-corrected chi connectivity index (χ4v) is 3.29. The molecule has 0 bridgehead atoms. The number of pyridine rings is 1. The Hall–Kier alpha value is -4.33. The molecule has 1 N–H and O–H groups in total. The van der Waals surface area contributed by atoms with Crippen LogP contribution in [0.3, 0.4) is 0 Å². The normalized spacial score (nSPS) is 10.7. The summed E-state index contributed by atoms with van der Waals surface area (Å²) in [7, 11) is 0. The van der Waals surface area contributed by atoms with Gasteiger partial charge in [0.25, 0.3) is 11.5 Å². The maximum absolute atomic E-state index is 13.2. The number of nitrogens with zero attached hydrogens (tertiary/aromatic N) is 4. The van der Waals surface area contributed by atoms with Gasteiger partial charge in [0.15, 0.2) is 0 Å².